The molecule has 1 saturated heterocycles. The highest BCUT2D eigenvalue weighted by Gasteiger charge is 2.33. The zero-order valence-corrected chi connectivity index (χ0v) is 11.8. The molecule has 0 amide bonds. The lowest BCUT2D eigenvalue weighted by Gasteiger charge is -2.15. The van der Waals surface area contributed by atoms with Gasteiger partial charge in [-0.1, -0.05) is 0 Å². The summed E-state index contributed by atoms with van der Waals surface area (Å²) in [5, 5.41) is 0. The average molecular weight is 317 g/mol. The molecule has 0 aromatic heterocycles. The number of Topliss-reactive ketones (excluding diaryl/α,β-unsaturated/α-hetero) is 1. The number of carbonyl (C=O) groups excluding carboxylic acids is 1. The van der Waals surface area contributed by atoms with Crippen LogP contribution in [0.5, 0.6) is 5.75 Å². The molecular formula is C13H14BrFO3. The van der Waals surface area contributed by atoms with E-state index in [2.05, 4.69) is 15.9 Å². The third-order valence-electron chi connectivity index (χ3n) is 3.22. The Balaban J connectivity index is 2.37. The van der Waals surface area contributed by atoms with Crippen LogP contribution in [-0.2, 0) is 4.74 Å². The molecule has 98 valence electrons. The molecule has 0 aliphatic carbocycles. The number of ketones is 1. The zero-order valence-electron chi connectivity index (χ0n) is 10.2. The molecule has 1 heterocycles. The van der Waals surface area contributed by atoms with Crippen molar-refractivity contribution in [2.24, 2.45) is 5.92 Å². The van der Waals surface area contributed by atoms with Crippen LogP contribution in [0.1, 0.15) is 23.7 Å². The van der Waals surface area contributed by atoms with Gasteiger partial charge in [0.05, 0.1) is 29.2 Å². The third kappa shape index (κ3) is 2.42. The van der Waals surface area contributed by atoms with Gasteiger partial charge in [0.2, 0.25) is 0 Å². The maximum atomic E-state index is 13.4. The van der Waals surface area contributed by atoms with Crippen LogP contribution < -0.4 is 4.74 Å². The van der Waals surface area contributed by atoms with E-state index in [1.165, 1.54) is 19.2 Å². The molecule has 1 aliphatic rings. The summed E-state index contributed by atoms with van der Waals surface area (Å²) >= 11 is 3.09. The van der Waals surface area contributed by atoms with E-state index in [-0.39, 0.29) is 28.0 Å². The lowest BCUT2D eigenvalue weighted by atomic mass is 9.92. The summed E-state index contributed by atoms with van der Waals surface area (Å²) in [6, 6.07) is 2.69. The lowest BCUT2D eigenvalue weighted by Crippen LogP contribution is -2.22. The lowest BCUT2D eigenvalue weighted by molar-refractivity contribution is 0.0761. The average Bonchev–Trinajstić information content (AvgIpc) is 2.77. The highest BCUT2D eigenvalue weighted by atomic mass is 79.9. The van der Waals surface area contributed by atoms with Gasteiger partial charge in [0, 0.05) is 12.7 Å². The SMILES string of the molecule is COc1cc(F)c(Br)cc1C(=O)C1CCOC1C. The Morgan fingerprint density at radius 3 is 2.83 bits per heavy atom. The van der Waals surface area contributed by atoms with Crippen LogP contribution in [0.3, 0.4) is 0 Å². The second-order valence-corrected chi connectivity index (χ2v) is 5.16. The van der Waals surface area contributed by atoms with Gasteiger partial charge in [0.25, 0.3) is 0 Å². The van der Waals surface area contributed by atoms with Crippen molar-refractivity contribution < 1.29 is 18.7 Å². The molecule has 1 aliphatic heterocycles. The first-order valence-corrected chi connectivity index (χ1v) is 6.52. The summed E-state index contributed by atoms with van der Waals surface area (Å²) in [4.78, 5) is 12.4. The second-order valence-electron chi connectivity index (χ2n) is 4.30. The summed E-state index contributed by atoms with van der Waals surface area (Å²) in [6.07, 6.45) is 0.587. The molecule has 0 spiro atoms. The summed E-state index contributed by atoms with van der Waals surface area (Å²) in [7, 11) is 1.42. The molecule has 2 rings (SSSR count). The topological polar surface area (TPSA) is 35.5 Å². The van der Waals surface area contributed by atoms with Gasteiger partial charge >= 0.3 is 0 Å². The highest BCUT2D eigenvalue weighted by Crippen LogP contribution is 2.32. The van der Waals surface area contributed by atoms with Crippen LogP contribution in [-0.4, -0.2) is 25.6 Å². The van der Waals surface area contributed by atoms with Gasteiger partial charge in [-0.15, -0.1) is 0 Å². The number of rotatable bonds is 3. The largest absolute Gasteiger partial charge is 0.496 e. The predicted molar refractivity (Wildman–Crippen MR) is 68.5 cm³/mol. The van der Waals surface area contributed by atoms with Crippen molar-refractivity contribution in [2.75, 3.05) is 13.7 Å². The van der Waals surface area contributed by atoms with E-state index >= 15 is 0 Å². The third-order valence-corrected chi connectivity index (χ3v) is 3.83. The van der Waals surface area contributed by atoms with Gasteiger partial charge in [-0.05, 0) is 35.3 Å². The van der Waals surface area contributed by atoms with Crippen molar-refractivity contribution in [3.05, 3.63) is 28.0 Å². The zero-order chi connectivity index (χ0) is 13.3. The smallest absolute Gasteiger partial charge is 0.172 e. The van der Waals surface area contributed by atoms with E-state index in [1.54, 1.807) is 0 Å². The minimum Gasteiger partial charge on any atom is -0.496 e. The van der Waals surface area contributed by atoms with E-state index in [1.807, 2.05) is 6.92 Å². The summed E-state index contributed by atoms with van der Waals surface area (Å²) in [5.41, 5.74) is 0.396. The van der Waals surface area contributed by atoms with Gasteiger partial charge in [0.15, 0.2) is 5.78 Å². The summed E-state index contributed by atoms with van der Waals surface area (Å²) < 4.78 is 24.1. The molecule has 0 bridgehead atoms. The Morgan fingerprint density at radius 1 is 1.56 bits per heavy atom. The van der Waals surface area contributed by atoms with Gasteiger partial charge in [-0.2, -0.15) is 0 Å². The molecule has 1 fully saturated rings. The molecule has 0 N–H and O–H groups in total. The van der Waals surface area contributed by atoms with E-state index in [0.717, 1.165) is 0 Å². The standard InChI is InChI=1S/C13H14BrFO3/c1-7-8(3-4-18-7)13(16)9-5-10(14)11(15)6-12(9)17-2/h5-8H,3-4H2,1-2H3. The number of methoxy groups -OCH3 is 1. The first kappa shape index (κ1) is 13.5. The summed E-state index contributed by atoms with van der Waals surface area (Å²) in [5.74, 6) is -0.423. The van der Waals surface area contributed by atoms with Crippen LogP contribution in [0.4, 0.5) is 4.39 Å². The molecule has 0 radical (unpaired) electrons. The van der Waals surface area contributed by atoms with Crippen LogP contribution in [0.25, 0.3) is 0 Å². The van der Waals surface area contributed by atoms with E-state index in [9.17, 15) is 9.18 Å². The van der Waals surface area contributed by atoms with Crippen molar-refractivity contribution in [3.8, 4) is 5.75 Å². The van der Waals surface area contributed by atoms with E-state index in [4.69, 9.17) is 9.47 Å². The normalized spacial score (nSPS) is 23.1. The Morgan fingerprint density at radius 2 is 2.28 bits per heavy atom. The fourth-order valence-corrected chi connectivity index (χ4v) is 2.51. The second kappa shape index (κ2) is 5.36. The van der Waals surface area contributed by atoms with Crippen LogP contribution in [0.2, 0.25) is 0 Å². The van der Waals surface area contributed by atoms with Gasteiger partial charge < -0.3 is 9.47 Å². The molecular weight excluding hydrogens is 303 g/mol. The molecule has 3 nitrogen and oxygen atoms in total. The molecule has 0 saturated carbocycles. The molecule has 18 heavy (non-hydrogen) atoms. The van der Waals surface area contributed by atoms with Gasteiger partial charge in [-0.3, -0.25) is 4.79 Å². The van der Waals surface area contributed by atoms with Gasteiger partial charge in [0.1, 0.15) is 11.6 Å². The van der Waals surface area contributed by atoms with Crippen molar-refractivity contribution in [2.45, 2.75) is 19.4 Å². The first-order chi connectivity index (χ1) is 8.54. The number of hydrogen-bond acceptors (Lipinski definition) is 3. The fraction of sp³-hybridized carbons (Fsp3) is 0.462. The van der Waals surface area contributed by atoms with E-state index in [0.29, 0.717) is 18.6 Å². The minimum absolute atomic E-state index is 0.0578. The molecule has 2 unspecified atom stereocenters. The minimum atomic E-state index is -0.445. The van der Waals surface area contributed by atoms with Crippen LogP contribution in [0, 0.1) is 11.7 Å². The molecule has 1 aromatic carbocycles. The fourth-order valence-electron chi connectivity index (χ4n) is 2.17. The van der Waals surface area contributed by atoms with Crippen molar-refractivity contribution >= 4 is 21.7 Å². The number of benzene rings is 1. The maximum absolute atomic E-state index is 13.4. The predicted octanol–water partition coefficient (Wildman–Crippen LogP) is 3.20. The van der Waals surface area contributed by atoms with Crippen LogP contribution in [0.15, 0.2) is 16.6 Å². The number of hydrogen-bond donors (Lipinski definition) is 0. The van der Waals surface area contributed by atoms with Crippen molar-refractivity contribution in [1.82, 2.24) is 0 Å². The van der Waals surface area contributed by atoms with Crippen LogP contribution >= 0.6 is 15.9 Å². The van der Waals surface area contributed by atoms with Crippen molar-refractivity contribution in [3.63, 3.8) is 0 Å². The Hall–Kier alpha value is -0.940. The Kier molecular flexibility index (Phi) is 4.02. The Bertz CT molecular complexity index is 476. The molecule has 1 aromatic rings. The Labute approximate surface area is 113 Å². The van der Waals surface area contributed by atoms with E-state index < -0.39 is 5.82 Å². The quantitative estimate of drug-likeness (QED) is 0.803. The first-order valence-electron chi connectivity index (χ1n) is 5.73. The summed E-state index contributed by atoms with van der Waals surface area (Å²) in [6.45, 7) is 2.46. The highest BCUT2D eigenvalue weighted by molar-refractivity contribution is 9.10. The maximum Gasteiger partial charge on any atom is 0.172 e. The molecule has 5 heteroatoms. The van der Waals surface area contributed by atoms with Gasteiger partial charge in [-0.25, -0.2) is 4.39 Å². The number of carbonyl (C=O) groups is 1. The number of ether oxygens (including phenoxy) is 2. The number of halogens is 2. The monoisotopic (exact) mass is 316 g/mol. The van der Waals surface area contributed by atoms with Crippen molar-refractivity contribution in [1.29, 1.82) is 0 Å². The molecule has 2 atom stereocenters.